The lowest BCUT2D eigenvalue weighted by Crippen LogP contribution is -2.32. The van der Waals surface area contributed by atoms with E-state index in [1.54, 1.807) is 31.4 Å². The Hall–Kier alpha value is -2.86. The fourth-order valence-electron chi connectivity index (χ4n) is 2.65. The van der Waals surface area contributed by atoms with Crippen molar-refractivity contribution < 1.29 is 14.3 Å². The summed E-state index contributed by atoms with van der Waals surface area (Å²) >= 11 is 0. The van der Waals surface area contributed by atoms with E-state index in [-0.39, 0.29) is 24.4 Å². The number of anilines is 2. The molecule has 2 N–H and O–H groups in total. The van der Waals surface area contributed by atoms with Crippen molar-refractivity contribution in [2.75, 3.05) is 31.3 Å². The molecule has 0 spiro atoms. The maximum atomic E-state index is 12.3. The summed E-state index contributed by atoms with van der Waals surface area (Å²) in [4.78, 5) is 25.3. The standard InChI is InChI=1S/C20H25N3O3/c1-14(18-7-5-6-8-19(18)26-4)23(3)13-20(25)22-17-11-9-16(10-12-17)21-15(2)24/h5-12,14H,13H2,1-4H3,(H,21,24)(H,22,25). The van der Waals surface area contributed by atoms with Crippen LogP contribution in [0.25, 0.3) is 0 Å². The highest BCUT2D eigenvalue weighted by molar-refractivity contribution is 5.93. The van der Waals surface area contributed by atoms with Gasteiger partial charge >= 0.3 is 0 Å². The number of benzene rings is 2. The molecule has 6 nitrogen and oxygen atoms in total. The Morgan fingerprint density at radius 3 is 2.19 bits per heavy atom. The fraction of sp³-hybridized carbons (Fsp3) is 0.300. The van der Waals surface area contributed by atoms with Crippen LogP contribution < -0.4 is 15.4 Å². The molecule has 1 unspecified atom stereocenters. The van der Waals surface area contributed by atoms with Gasteiger partial charge in [-0.3, -0.25) is 14.5 Å². The third kappa shape index (κ3) is 5.32. The molecule has 0 saturated heterocycles. The highest BCUT2D eigenvalue weighted by Crippen LogP contribution is 2.27. The van der Waals surface area contributed by atoms with Crippen LogP contribution in [0, 0.1) is 0 Å². The van der Waals surface area contributed by atoms with Gasteiger partial charge in [0.2, 0.25) is 11.8 Å². The lowest BCUT2D eigenvalue weighted by molar-refractivity contribution is -0.117. The average molecular weight is 355 g/mol. The Morgan fingerprint density at radius 2 is 1.62 bits per heavy atom. The number of ether oxygens (including phenoxy) is 1. The van der Waals surface area contributed by atoms with Gasteiger partial charge in [0.15, 0.2) is 0 Å². The Labute approximate surface area is 154 Å². The van der Waals surface area contributed by atoms with Gasteiger partial charge in [0.05, 0.1) is 13.7 Å². The number of hydrogen-bond donors (Lipinski definition) is 2. The first-order chi connectivity index (χ1) is 12.4. The molecule has 0 aliphatic heterocycles. The highest BCUT2D eigenvalue weighted by Gasteiger charge is 2.18. The number of likely N-dealkylation sites (N-methyl/N-ethyl adjacent to an activating group) is 1. The number of rotatable bonds is 7. The minimum atomic E-state index is -0.131. The third-order valence-corrected chi connectivity index (χ3v) is 4.13. The summed E-state index contributed by atoms with van der Waals surface area (Å²) in [7, 11) is 3.54. The van der Waals surface area contributed by atoms with Gasteiger partial charge in [0.1, 0.15) is 5.75 Å². The van der Waals surface area contributed by atoms with Crippen LogP contribution in [0.5, 0.6) is 5.75 Å². The predicted molar refractivity (Wildman–Crippen MR) is 103 cm³/mol. The molecule has 2 rings (SSSR count). The number of para-hydroxylation sites is 1. The smallest absolute Gasteiger partial charge is 0.238 e. The molecule has 6 heteroatoms. The predicted octanol–water partition coefficient (Wildman–Crippen LogP) is 3.29. The number of amides is 2. The first kappa shape index (κ1) is 19.5. The van der Waals surface area contributed by atoms with Crippen molar-refractivity contribution in [2.45, 2.75) is 19.9 Å². The van der Waals surface area contributed by atoms with Gasteiger partial charge in [-0.25, -0.2) is 0 Å². The molecule has 0 aliphatic carbocycles. The Morgan fingerprint density at radius 1 is 1.04 bits per heavy atom. The maximum absolute atomic E-state index is 12.3. The van der Waals surface area contributed by atoms with Crippen molar-refractivity contribution in [1.82, 2.24) is 4.90 Å². The molecule has 26 heavy (non-hydrogen) atoms. The van der Waals surface area contributed by atoms with Crippen molar-refractivity contribution in [3.8, 4) is 5.75 Å². The molecule has 0 radical (unpaired) electrons. The molecule has 0 fully saturated rings. The van der Waals surface area contributed by atoms with Gasteiger partial charge in [-0.05, 0) is 44.3 Å². The summed E-state index contributed by atoms with van der Waals surface area (Å²) in [5.74, 6) is 0.566. The van der Waals surface area contributed by atoms with Crippen LogP contribution in [0.2, 0.25) is 0 Å². The molecular weight excluding hydrogens is 330 g/mol. The number of carbonyl (C=O) groups excluding carboxylic acids is 2. The summed E-state index contributed by atoms with van der Waals surface area (Å²) in [6.45, 7) is 3.73. The third-order valence-electron chi connectivity index (χ3n) is 4.13. The van der Waals surface area contributed by atoms with Crippen molar-refractivity contribution in [3.05, 3.63) is 54.1 Å². The molecule has 1 atom stereocenters. The van der Waals surface area contributed by atoms with E-state index in [1.807, 2.05) is 43.1 Å². The Kier molecular flexibility index (Phi) is 6.74. The van der Waals surface area contributed by atoms with Gasteiger partial charge in [-0.1, -0.05) is 18.2 Å². The molecule has 0 bridgehead atoms. The minimum Gasteiger partial charge on any atom is -0.496 e. The molecule has 0 aliphatic rings. The summed E-state index contributed by atoms with van der Waals surface area (Å²) in [6, 6.07) is 14.8. The van der Waals surface area contributed by atoms with Crippen LogP contribution in [0.3, 0.4) is 0 Å². The van der Waals surface area contributed by atoms with Crippen LogP contribution >= 0.6 is 0 Å². The molecule has 2 aromatic rings. The van der Waals surface area contributed by atoms with E-state index in [4.69, 9.17) is 4.74 Å². The van der Waals surface area contributed by atoms with Crippen LogP contribution in [0.1, 0.15) is 25.5 Å². The Bertz CT molecular complexity index is 759. The average Bonchev–Trinajstić information content (AvgIpc) is 2.62. The maximum Gasteiger partial charge on any atom is 0.238 e. The second-order valence-electron chi connectivity index (χ2n) is 6.14. The number of nitrogens with zero attached hydrogens (tertiary/aromatic N) is 1. The van der Waals surface area contributed by atoms with E-state index in [0.717, 1.165) is 11.3 Å². The number of nitrogens with one attached hydrogen (secondary N) is 2. The number of hydrogen-bond acceptors (Lipinski definition) is 4. The van der Waals surface area contributed by atoms with E-state index >= 15 is 0 Å². The Balaban J connectivity index is 1.95. The van der Waals surface area contributed by atoms with Gasteiger partial charge in [-0.2, -0.15) is 0 Å². The molecule has 0 aromatic heterocycles. The molecule has 138 valence electrons. The van der Waals surface area contributed by atoms with E-state index in [2.05, 4.69) is 10.6 Å². The summed E-state index contributed by atoms with van der Waals surface area (Å²) in [5.41, 5.74) is 2.41. The normalized spacial score (nSPS) is 11.7. The SMILES string of the molecule is COc1ccccc1C(C)N(C)CC(=O)Nc1ccc(NC(C)=O)cc1. The number of carbonyl (C=O) groups is 2. The van der Waals surface area contributed by atoms with Crippen LogP contribution in [0.15, 0.2) is 48.5 Å². The molecule has 2 amide bonds. The minimum absolute atomic E-state index is 0.0269. The zero-order valence-electron chi connectivity index (χ0n) is 15.6. The topological polar surface area (TPSA) is 70.7 Å². The second-order valence-corrected chi connectivity index (χ2v) is 6.14. The molecule has 0 heterocycles. The first-order valence-electron chi connectivity index (χ1n) is 8.41. The van der Waals surface area contributed by atoms with E-state index in [9.17, 15) is 9.59 Å². The molecule has 2 aromatic carbocycles. The van der Waals surface area contributed by atoms with E-state index < -0.39 is 0 Å². The largest absolute Gasteiger partial charge is 0.496 e. The zero-order chi connectivity index (χ0) is 19.1. The summed E-state index contributed by atoms with van der Waals surface area (Å²) in [5, 5.41) is 5.55. The van der Waals surface area contributed by atoms with Crippen LogP contribution in [-0.4, -0.2) is 37.4 Å². The van der Waals surface area contributed by atoms with Gasteiger partial charge in [0.25, 0.3) is 0 Å². The second kappa shape index (κ2) is 9.01. The van der Waals surface area contributed by atoms with Gasteiger partial charge in [-0.15, -0.1) is 0 Å². The lowest BCUT2D eigenvalue weighted by Gasteiger charge is -2.25. The lowest BCUT2D eigenvalue weighted by atomic mass is 10.1. The number of methoxy groups -OCH3 is 1. The van der Waals surface area contributed by atoms with Crippen molar-refractivity contribution in [3.63, 3.8) is 0 Å². The van der Waals surface area contributed by atoms with Crippen molar-refractivity contribution >= 4 is 23.2 Å². The summed E-state index contributed by atoms with van der Waals surface area (Å²) in [6.07, 6.45) is 0. The zero-order valence-corrected chi connectivity index (χ0v) is 15.6. The highest BCUT2D eigenvalue weighted by atomic mass is 16.5. The monoisotopic (exact) mass is 355 g/mol. The van der Waals surface area contributed by atoms with Crippen molar-refractivity contribution in [1.29, 1.82) is 0 Å². The van der Waals surface area contributed by atoms with E-state index in [0.29, 0.717) is 11.4 Å². The van der Waals surface area contributed by atoms with Crippen LogP contribution in [0.4, 0.5) is 11.4 Å². The quantitative estimate of drug-likeness (QED) is 0.800. The first-order valence-corrected chi connectivity index (χ1v) is 8.41. The van der Waals surface area contributed by atoms with E-state index in [1.165, 1.54) is 6.92 Å². The van der Waals surface area contributed by atoms with Crippen molar-refractivity contribution in [2.24, 2.45) is 0 Å². The fourth-order valence-corrected chi connectivity index (χ4v) is 2.65. The molecule has 0 saturated carbocycles. The summed E-state index contributed by atoms with van der Waals surface area (Å²) < 4.78 is 5.40. The molecular formula is C20H25N3O3. The van der Waals surface area contributed by atoms with Gasteiger partial charge in [0, 0.05) is 29.9 Å². The van der Waals surface area contributed by atoms with Gasteiger partial charge < -0.3 is 15.4 Å². The van der Waals surface area contributed by atoms with Crippen LogP contribution in [-0.2, 0) is 9.59 Å².